The van der Waals surface area contributed by atoms with Crippen molar-refractivity contribution >= 4 is 11.4 Å². The Morgan fingerprint density at radius 3 is 2.58 bits per heavy atom. The van der Waals surface area contributed by atoms with E-state index >= 15 is 0 Å². The van der Waals surface area contributed by atoms with Gasteiger partial charge in [-0.3, -0.25) is 9.36 Å². The molecule has 1 heterocycles. The van der Waals surface area contributed by atoms with Gasteiger partial charge in [-0.1, -0.05) is 13.0 Å². The topological polar surface area (TPSA) is 90.7 Å². The molecule has 0 saturated carbocycles. The Labute approximate surface area is 146 Å². The molecule has 0 fully saturated rings. The molecule has 0 aliphatic rings. The van der Waals surface area contributed by atoms with Crippen LogP contribution in [0.2, 0.25) is 0 Å². The number of aromatic nitrogens is 1. The second-order valence-corrected chi connectivity index (χ2v) is 5.49. The number of alkyl halides is 3. The number of hydrogen-bond donors (Lipinski definition) is 1. The first-order chi connectivity index (χ1) is 12.2. The SMILES string of the molecule is CCCn1c(O)c(C#N)c(C)c(N=Nc2cccc(C(F)(F)F)c2)c1=O. The summed E-state index contributed by atoms with van der Waals surface area (Å²) in [5.74, 6) is -0.463. The number of rotatable bonds is 4. The highest BCUT2D eigenvalue weighted by molar-refractivity contribution is 5.56. The van der Waals surface area contributed by atoms with E-state index < -0.39 is 23.2 Å². The minimum Gasteiger partial charge on any atom is -0.493 e. The van der Waals surface area contributed by atoms with Crippen molar-refractivity contribution in [2.45, 2.75) is 33.0 Å². The highest BCUT2D eigenvalue weighted by atomic mass is 19.4. The molecule has 0 spiro atoms. The largest absolute Gasteiger partial charge is 0.493 e. The van der Waals surface area contributed by atoms with E-state index in [1.54, 1.807) is 13.0 Å². The molecular formula is C17H15F3N4O2. The van der Waals surface area contributed by atoms with Crippen LogP contribution in [0.1, 0.15) is 30.0 Å². The van der Waals surface area contributed by atoms with E-state index in [4.69, 9.17) is 0 Å². The van der Waals surface area contributed by atoms with Crippen molar-refractivity contribution < 1.29 is 18.3 Å². The molecule has 2 aromatic rings. The van der Waals surface area contributed by atoms with Crippen LogP contribution in [0, 0.1) is 18.3 Å². The Kier molecular flexibility index (Phi) is 5.45. The van der Waals surface area contributed by atoms with Crippen molar-refractivity contribution in [1.82, 2.24) is 4.57 Å². The van der Waals surface area contributed by atoms with Gasteiger partial charge in [0.15, 0.2) is 5.69 Å². The van der Waals surface area contributed by atoms with Gasteiger partial charge in [-0.25, -0.2) is 0 Å². The summed E-state index contributed by atoms with van der Waals surface area (Å²) in [6, 6.07) is 5.98. The molecule has 0 aliphatic carbocycles. The second-order valence-electron chi connectivity index (χ2n) is 5.49. The average Bonchev–Trinajstić information content (AvgIpc) is 2.58. The zero-order valence-corrected chi connectivity index (χ0v) is 14.0. The molecule has 0 atom stereocenters. The molecule has 1 aromatic heterocycles. The third-order valence-electron chi connectivity index (χ3n) is 3.66. The van der Waals surface area contributed by atoms with Gasteiger partial charge in [0.05, 0.1) is 11.3 Å². The van der Waals surface area contributed by atoms with Gasteiger partial charge in [-0.05, 0) is 31.5 Å². The van der Waals surface area contributed by atoms with Crippen LogP contribution in [0.5, 0.6) is 5.88 Å². The summed E-state index contributed by atoms with van der Waals surface area (Å²) < 4.78 is 39.2. The summed E-state index contributed by atoms with van der Waals surface area (Å²) in [7, 11) is 0. The van der Waals surface area contributed by atoms with E-state index in [2.05, 4.69) is 10.2 Å². The molecule has 0 radical (unpaired) electrons. The highest BCUT2D eigenvalue weighted by Crippen LogP contribution is 2.32. The molecule has 2 rings (SSSR count). The van der Waals surface area contributed by atoms with Gasteiger partial charge < -0.3 is 5.11 Å². The van der Waals surface area contributed by atoms with Crippen molar-refractivity contribution in [2.75, 3.05) is 0 Å². The lowest BCUT2D eigenvalue weighted by Crippen LogP contribution is -2.21. The lowest BCUT2D eigenvalue weighted by Gasteiger charge is -2.12. The number of pyridine rings is 1. The van der Waals surface area contributed by atoms with Crippen LogP contribution in [0.15, 0.2) is 39.3 Å². The number of halogens is 3. The molecule has 0 aliphatic heterocycles. The van der Waals surface area contributed by atoms with Gasteiger partial charge in [-0.15, -0.1) is 5.11 Å². The quantitative estimate of drug-likeness (QED) is 0.805. The lowest BCUT2D eigenvalue weighted by atomic mass is 10.1. The molecule has 1 N–H and O–H groups in total. The number of aromatic hydroxyl groups is 1. The van der Waals surface area contributed by atoms with Crippen molar-refractivity contribution in [3.8, 4) is 11.9 Å². The van der Waals surface area contributed by atoms with Crippen molar-refractivity contribution in [1.29, 1.82) is 5.26 Å². The number of azo groups is 1. The Hall–Kier alpha value is -3.15. The van der Waals surface area contributed by atoms with Gasteiger partial charge in [0.1, 0.15) is 11.6 Å². The fraction of sp³-hybridized carbons (Fsp3) is 0.294. The summed E-state index contributed by atoms with van der Waals surface area (Å²) >= 11 is 0. The van der Waals surface area contributed by atoms with Crippen molar-refractivity contribution in [2.24, 2.45) is 10.2 Å². The summed E-state index contributed by atoms with van der Waals surface area (Å²) in [6.07, 6.45) is -4.01. The number of nitrogens with zero attached hydrogens (tertiary/aromatic N) is 4. The Morgan fingerprint density at radius 1 is 1.31 bits per heavy atom. The zero-order valence-electron chi connectivity index (χ0n) is 14.0. The van der Waals surface area contributed by atoms with E-state index in [0.29, 0.717) is 6.42 Å². The lowest BCUT2D eigenvalue weighted by molar-refractivity contribution is -0.137. The standard InChI is InChI=1S/C17H15F3N4O2/c1-3-7-24-15(25)13(9-21)10(2)14(16(24)26)23-22-12-6-4-5-11(8-12)17(18,19)20/h4-6,8,25H,3,7H2,1-2H3. The third kappa shape index (κ3) is 3.74. The predicted octanol–water partition coefficient (Wildman–Crippen LogP) is 4.58. The van der Waals surface area contributed by atoms with Gasteiger partial charge in [-0.2, -0.15) is 23.5 Å². The molecule has 0 amide bonds. The molecule has 9 heteroatoms. The van der Waals surface area contributed by atoms with Crippen LogP contribution >= 0.6 is 0 Å². The van der Waals surface area contributed by atoms with Gasteiger partial charge in [0.25, 0.3) is 5.56 Å². The van der Waals surface area contributed by atoms with Crippen LogP contribution in [-0.4, -0.2) is 9.67 Å². The molecule has 136 valence electrons. The number of nitriles is 1. The number of benzene rings is 1. The van der Waals surface area contributed by atoms with E-state index in [-0.39, 0.29) is 29.0 Å². The van der Waals surface area contributed by atoms with Crippen molar-refractivity contribution in [3.63, 3.8) is 0 Å². The fourth-order valence-electron chi connectivity index (χ4n) is 2.34. The van der Waals surface area contributed by atoms with Crippen LogP contribution in [-0.2, 0) is 12.7 Å². The normalized spacial score (nSPS) is 11.7. The van der Waals surface area contributed by atoms with Crippen LogP contribution in [0.4, 0.5) is 24.5 Å². The molecule has 0 saturated heterocycles. The van der Waals surface area contributed by atoms with Gasteiger partial charge >= 0.3 is 6.18 Å². The maximum atomic E-state index is 12.8. The number of hydrogen-bond acceptors (Lipinski definition) is 5. The van der Waals surface area contributed by atoms with Gasteiger partial charge in [0.2, 0.25) is 5.88 Å². The first kappa shape index (κ1) is 19.2. The van der Waals surface area contributed by atoms with Crippen LogP contribution in [0.25, 0.3) is 0 Å². The van der Waals surface area contributed by atoms with Crippen LogP contribution in [0.3, 0.4) is 0 Å². The van der Waals surface area contributed by atoms with E-state index in [1.807, 2.05) is 0 Å². The molecular weight excluding hydrogens is 349 g/mol. The monoisotopic (exact) mass is 364 g/mol. The van der Waals surface area contributed by atoms with Crippen molar-refractivity contribution in [3.05, 3.63) is 51.3 Å². The Morgan fingerprint density at radius 2 is 2.00 bits per heavy atom. The fourth-order valence-corrected chi connectivity index (χ4v) is 2.34. The molecule has 1 aromatic carbocycles. The summed E-state index contributed by atoms with van der Waals surface area (Å²) in [5, 5.41) is 26.7. The second kappa shape index (κ2) is 7.39. The summed E-state index contributed by atoms with van der Waals surface area (Å²) in [4.78, 5) is 12.5. The Bertz CT molecular complexity index is 956. The molecule has 0 unspecified atom stereocenters. The smallest absolute Gasteiger partial charge is 0.416 e. The van der Waals surface area contributed by atoms with E-state index in [0.717, 1.165) is 16.7 Å². The maximum Gasteiger partial charge on any atom is 0.416 e. The molecule has 26 heavy (non-hydrogen) atoms. The predicted molar refractivity (Wildman–Crippen MR) is 87.7 cm³/mol. The van der Waals surface area contributed by atoms with E-state index in [1.165, 1.54) is 19.1 Å². The average molecular weight is 364 g/mol. The first-order valence-corrected chi connectivity index (χ1v) is 7.66. The zero-order chi connectivity index (χ0) is 19.5. The van der Waals surface area contributed by atoms with Crippen LogP contribution < -0.4 is 5.56 Å². The highest BCUT2D eigenvalue weighted by Gasteiger charge is 2.30. The third-order valence-corrected chi connectivity index (χ3v) is 3.66. The minimum atomic E-state index is -4.53. The molecule has 0 bridgehead atoms. The molecule has 6 nitrogen and oxygen atoms in total. The van der Waals surface area contributed by atoms with E-state index in [9.17, 15) is 28.3 Å². The van der Waals surface area contributed by atoms with Gasteiger partial charge in [0, 0.05) is 12.1 Å². The first-order valence-electron chi connectivity index (χ1n) is 7.66. The Balaban J connectivity index is 2.57. The maximum absolute atomic E-state index is 12.8. The summed E-state index contributed by atoms with van der Waals surface area (Å²) in [6.45, 7) is 3.35. The minimum absolute atomic E-state index is 0.0905. The summed E-state index contributed by atoms with van der Waals surface area (Å²) in [5.41, 5.74) is -1.87.